The van der Waals surface area contributed by atoms with Gasteiger partial charge in [0.15, 0.2) is 0 Å². The van der Waals surface area contributed by atoms with E-state index in [-0.39, 0.29) is 6.10 Å². The molecule has 0 aromatic heterocycles. The molecule has 1 rings (SSSR count). The lowest BCUT2D eigenvalue weighted by atomic mass is 10.2. The van der Waals surface area contributed by atoms with Crippen molar-refractivity contribution in [2.45, 2.75) is 32.8 Å². The number of rotatable bonds is 8. The lowest BCUT2D eigenvalue weighted by Gasteiger charge is -2.12. The number of hydrogen-bond donors (Lipinski definition) is 1. The lowest BCUT2D eigenvalue weighted by molar-refractivity contribution is 0.126. The van der Waals surface area contributed by atoms with Gasteiger partial charge < -0.3 is 9.84 Å². The van der Waals surface area contributed by atoms with E-state index in [1.165, 1.54) is 18.4 Å². The number of thioether (sulfide) groups is 1. The number of aryl methyl sites for hydroxylation is 1. The first kappa shape index (κ1) is 14.4. The molecule has 1 atom stereocenters. The highest BCUT2D eigenvalue weighted by atomic mass is 32.2. The Morgan fingerprint density at radius 3 is 2.65 bits per heavy atom. The maximum atomic E-state index is 9.72. The Labute approximate surface area is 108 Å². The van der Waals surface area contributed by atoms with Crippen molar-refractivity contribution < 1.29 is 9.84 Å². The Kier molecular flexibility index (Phi) is 7.13. The summed E-state index contributed by atoms with van der Waals surface area (Å²) in [6.07, 6.45) is 2.05. The number of benzene rings is 1. The fourth-order valence-corrected chi connectivity index (χ4v) is 2.37. The predicted octanol–water partition coefficient (Wildman–Crippen LogP) is 3.27. The van der Waals surface area contributed by atoms with E-state index in [2.05, 4.69) is 6.92 Å². The Hall–Kier alpha value is -0.670. The van der Waals surface area contributed by atoms with Gasteiger partial charge in [-0.1, -0.05) is 31.0 Å². The van der Waals surface area contributed by atoms with Crippen molar-refractivity contribution in [2.24, 2.45) is 0 Å². The Balaban J connectivity index is 2.14. The summed E-state index contributed by atoms with van der Waals surface area (Å²) in [5.74, 6) is 2.71. The minimum atomic E-state index is -0.377. The molecule has 0 unspecified atom stereocenters. The van der Waals surface area contributed by atoms with Gasteiger partial charge in [0.05, 0.1) is 6.10 Å². The van der Waals surface area contributed by atoms with Gasteiger partial charge in [-0.05, 0) is 31.2 Å². The molecule has 17 heavy (non-hydrogen) atoms. The van der Waals surface area contributed by atoms with Crippen LogP contribution in [0.15, 0.2) is 24.3 Å². The first-order chi connectivity index (χ1) is 8.22. The van der Waals surface area contributed by atoms with Gasteiger partial charge in [-0.15, -0.1) is 0 Å². The second kappa shape index (κ2) is 8.43. The van der Waals surface area contributed by atoms with E-state index in [1.807, 2.05) is 31.2 Å². The molecular weight excluding hydrogens is 232 g/mol. The van der Waals surface area contributed by atoms with Crippen molar-refractivity contribution in [1.29, 1.82) is 0 Å². The Morgan fingerprint density at radius 1 is 1.29 bits per heavy atom. The SMILES string of the molecule is CCCCSC[C@H](O)COc1ccc(C)cc1. The first-order valence-corrected chi connectivity index (χ1v) is 7.33. The Morgan fingerprint density at radius 2 is 2.00 bits per heavy atom. The summed E-state index contributed by atoms with van der Waals surface area (Å²) in [5.41, 5.74) is 1.22. The molecule has 3 heteroatoms. The van der Waals surface area contributed by atoms with E-state index in [9.17, 15) is 5.11 Å². The van der Waals surface area contributed by atoms with Crippen LogP contribution in [-0.4, -0.2) is 29.3 Å². The van der Waals surface area contributed by atoms with Gasteiger partial charge in [-0.2, -0.15) is 11.8 Å². The Bertz CT molecular complexity index is 298. The second-order valence-electron chi connectivity index (χ2n) is 4.21. The topological polar surface area (TPSA) is 29.5 Å². The number of aliphatic hydroxyl groups is 1. The predicted molar refractivity (Wildman–Crippen MR) is 74.9 cm³/mol. The maximum Gasteiger partial charge on any atom is 0.119 e. The van der Waals surface area contributed by atoms with Crippen LogP contribution in [0.25, 0.3) is 0 Å². The summed E-state index contributed by atoms with van der Waals surface area (Å²) >= 11 is 1.79. The smallest absolute Gasteiger partial charge is 0.119 e. The van der Waals surface area contributed by atoms with Gasteiger partial charge in [-0.25, -0.2) is 0 Å². The van der Waals surface area contributed by atoms with Crippen molar-refractivity contribution in [2.75, 3.05) is 18.1 Å². The van der Waals surface area contributed by atoms with Crippen LogP contribution < -0.4 is 4.74 Å². The van der Waals surface area contributed by atoms with E-state index in [1.54, 1.807) is 11.8 Å². The molecule has 0 saturated heterocycles. The van der Waals surface area contributed by atoms with Gasteiger partial charge in [0.1, 0.15) is 12.4 Å². The highest BCUT2D eigenvalue weighted by Gasteiger charge is 2.05. The molecule has 0 fully saturated rings. The summed E-state index contributed by atoms with van der Waals surface area (Å²) < 4.78 is 5.52. The summed E-state index contributed by atoms with van der Waals surface area (Å²) in [6, 6.07) is 7.90. The largest absolute Gasteiger partial charge is 0.491 e. The molecule has 0 spiro atoms. The van der Waals surface area contributed by atoms with Crippen molar-refractivity contribution in [3.63, 3.8) is 0 Å². The third-order valence-corrected chi connectivity index (χ3v) is 3.61. The zero-order valence-corrected chi connectivity index (χ0v) is 11.5. The molecule has 0 saturated carbocycles. The zero-order chi connectivity index (χ0) is 12.5. The van der Waals surface area contributed by atoms with Gasteiger partial charge in [0.25, 0.3) is 0 Å². The van der Waals surface area contributed by atoms with Crippen LogP contribution in [0.5, 0.6) is 5.75 Å². The van der Waals surface area contributed by atoms with E-state index in [0.717, 1.165) is 17.3 Å². The average molecular weight is 254 g/mol. The molecule has 0 aliphatic heterocycles. The molecule has 96 valence electrons. The quantitative estimate of drug-likeness (QED) is 0.722. The van der Waals surface area contributed by atoms with Crippen LogP contribution >= 0.6 is 11.8 Å². The van der Waals surface area contributed by atoms with Crippen molar-refractivity contribution >= 4 is 11.8 Å². The second-order valence-corrected chi connectivity index (χ2v) is 5.36. The molecule has 1 aromatic rings. The molecular formula is C14H22O2S. The molecule has 0 aliphatic carbocycles. The molecule has 1 N–H and O–H groups in total. The molecule has 0 heterocycles. The standard InChI is InChI=1S/C14H22O2S/c1-3-4-9-17-11-13(15)10-16-14-7-5-12(2)6-8-14/h5-8,13,15H,3-4,9-11H2,1-2H3/t13-/m1/s1. The van der Waals surface area contributed by atoms with Crippen LogP contribution in [0.3, 0.4) is 0 Å². The summed E-state index contributed by atoms with van der Waals surface area (Å²) in [6.45, 7) is 4.60. The molecule has 0 amide bonds. The van der Waals surface area contributed by atoms with E-state index >= 15 is 0 Å². The minimum Gasteiger partial charge on any atom is -0.491 e. The third-order valence-electron chi connectivity index (χ3n) is 2.42. The average Bonchev–Trinajstić information content (AvgIpc) is 2.34. The fourth-order valence-electron chi connectivity index (χ4n) is 1.34. The monoisotopic (exact) mass is 254 g/mol. The van der Waals surface area contributed by atoms with Crippen LogP contribution in [0, 0.1) is 6.92 Å². The molecule has 2 nitrogen and oxygen atoms in total. The summed E-state index contributed by atoms with van der Waals surface area (Å²) in [5, 5.41) is 9.72. The normalized spacial score (nSPS) is 12.4. The van der Waals surface area contributed by atoms with Crippen molar-refractivity contribution in [3.8, 4) is 5.75 Å². The van der Waals surface area contributed by atoms with E-state index in [4.69, 9.17) is 4.74 Å². The molecule has 0 bridgehead atoms. The summed E-state index contributed by atoms with van der Waals surface area (Å²) in [7, 11) is 0. The molecule has 0 radical (unpaired) electrons. The van der Waals surface area contributed by atoms with Gasteiger partial charge >= 0.3 is 0 Å². The molecule has 1 aromatic carbocycles. The van der Waals surface area contributed by atoms with Crippen molar-refractivity contribution in [3.05, 3.63) is 29.8 Å². The number of ether oxygens (including phenoxy) is 1. The van der Waals surface area contributed by atoms with E-state index < -0.39 is 0 Å². The number of hydrogen-bond acceptors (Lipinski definition) is 3. The zero-order valence-electron chi connectivity index (χ0n) is 10.7. The lowest BCUT2D eigenvalue weighted by Crippen LogP contribution is -2.20. The van der Waals surface area contributed by atoms with Crippen LogP contribution in [0.4, 0.5) is 0 Å². The highest BCUT2D eigenvalue weighted by molar-refractivity contribution is 7.99. The first-order valence-electron chi connectivity index (χ1n) is 6.17. The van der Waals surface area contributed by atoms with Gasteiger partial charge in [-0.3, -0.25) is 0 Å². The van der Waals surface area contributed by atoms with Crippen LogP contribution in [0.1, 0.15) is 25.3 Å². The van der Waals surface area contributed by atoms with Crippen LogP contribution in [-0.2, 0) is 0 Å². The highest BCUT2D eigenvalue weighted by Crippen LogP contribution is 2.13. The summed E-state index contributed by atoms with van der Waals surface area (Å²) in [4.78, 5) is 0. The number of unbranched alkanes of at least 4 members (excludes halogenated alkanes) is 1. The van der Waals surface area contributed by atoms with Crippen molar-refractivity contribution in [1.82, 2.24) is 0 Å². The van der Waals surface area contributed by atoms with Crippen LogP contribution in [0.2, 0.25) is 0 Å². The van der Waals surface area contributed by atoms with Gasteiger partial charge in [0, 0.05) is 5.75 Å². The molecule has 0 aliphatic rings. The fraction of sp³-hybridized carbons (Fsp3) is 0.571. The van der Waals surface area contributed by atoms with Gasteiger partial charge in [0.2, 0.25) is 0 Å². The minimum absolute atomic E-state index is 0.377. The maximum absolute atomic E-state index is 9.72. The number of aliphatic hydroxyl groups excluding tert-OH is 1. The van der Waals surface area contributed by atoms with E-state index in [0.29, 0.717) is 6.61 Å². The third kappa shape index (κ3) is 6.59.